The van der Waals surface area contributed by atoms with Gasteiger partial charge in [0, 0.05) is 17.0 Å². The van der Waals surface area contributed by atoms with Gasteiger partial charge in [0.1, 0.15) is 10.7 Å². The summed E-state index contributed by atoms with van der Waals surface area (Å²) < 4.78 is 41.7. The number of nitrogens with two attached hydrogens (primary N) is 1. The van der Waals surface area contributed by atoms with Crippen molar-refractivity contribution in [3.63, 3.8) is 0 Å². The summed E-state index contributed by atoms with van der Waals surface area (Å²) in [6.45, 7) is 3.56. The normalized spacial score (nSPS) is 22.6. The third-order valence-electron chi connectivity index (χ3n) is 3.67. The summed E-state index contributed by atoms with van der Waals surface area (Å²) in [6, 6.07) is 2.47. The highest BCUT2D eigenvalue weighted by molar-refractivity contribution is 8.00. The van der Waals surface area contributed by atoms with Crippen molar-refractivity contribution in [2.45, 2.75) is 49.3 Å². The van der Waals surface area contributed by atoms with Gasteiger partial charge in [-0.05, 0) is 43.2 Å². The lowest BCUT2D eigenvalue weighted by Crippen LogP contribution is -2.39. The van der Waals surface area contributed by atoms with Crippen LogP contribution in [-0.4, -0.2) is 25.5 Å². The van der Waals surface area contributed by atoms with Crippen LogP contribution in [0.15, 0.2) is 17.0 Å². The molecule has 1 fully saturated rings. The number of nitrogen functional groups attached to an aromatic ring is 1. The van der Waals surface area contributed by atoms with Crippen molar-refractivity contribution >= 4 is 27.5 Å². The van der Waals surface area contributed by atoms with Gasteiger partial charge in [0.05, 0.1) is 0 Å². The van der Waals surface area contributed by atoms with E-state index in [2.05, 4.69) is 11.6 Å². The van der Waals surface area contributed by atoms with Gasteiger partial charge in [0.25, 0.3) is 0 Å². The molecule has 0 bridgehead atoms. The molecule has 0 saturated heterocycles. The molecule has 0 aliphatic heterocycles. The third-order valence-corrected chi connectivity index (χ3v) is 6.49. The van der Waals surface area contributed by atoms with E-state index in [-0.39, 0.29) is 27.4 Å². The molecule has 1 aromatic rings. The van der Waals surface area contributed by atoms with E-state index in [0.29, 0.717) is 0 Å². The van der Waals surface area contributed by atoms with Crippen LogP contribution in [0.2, 0.25) is 0 Å². The van der Waals surface area contributed by atoms with Gasteiger partial charge in [-0.25, -0.2) is 17.5 Å². The fourth-order valence-corrected chi connectivity index (χ4v) is 5.48. The molecular weight excluding hydrogens is 311 g/mol. The number of nitrogens with one attached hydrogen (secondary N) is 1. The number of hydrogen-bond donors (Lipinski definition) is 2. The minimum Gasteiger partial charge on any atom is -0.399 e. The number of sulfonamides is 1. The number of anilines is 1. The fourth-order valence-electron chi connectivity index (χ4n) is 2.70. The quantitative estimate of drug-likeness (QED) is 0.813. The van der Waals surface area contributed by atoms with E-state index in [0.717, 1.165) is 25.0 Å². The van der Waals surface area contributed by atoms with Crippen molar-refractivity contribution in [3.05, 3.63) is 23.5 Å². The summed E-state index contributed by atoms with van der Waals surface area (Å²) in [6.07, 6.45) is 2.77. The first-order valence-electron chi connectivity index (χ1n) is 7.04. The second-order valence-corrected chi connectivity index (χ2v) is 8.50. The highest BCUT2D eigenvalue weighted by atomic mass is 32.2. The number of halogens is 1. The standard InChI is InChI=1S/C14H21FN2O2S2/c1-3-20-12-6-4-5-11(12)17-21(18,19)13-8-10(16)7-9(2)14(13)15/h7-8,11-12,17H,3-6,16H2,1-2H3. The van der Waals surface area contributed by atoms with Crippen LogP contribution in [0.3, 0.4) is 0 Å². The molecular formula is C14H21FN2O2S2. The highest BCUT2D eigenvalue weighted by Gasteiger charge is 2.32. The molecule has 0 heterocycles. The van der Waals surface area contributed by atoms with E-state index in [4.69, 9.17) is 5.73 Å². The van der Waals surface area contributed by atoms with E-state index < -0.39 is 15.8 Å². The zero-order valence-corrected chi connectivity index (χ0v) is 13.9. The maximum Gasteiger partial charge on any atom is 0.243 e. The van der Waals surface area contributed by atoms with Crippen molar-refractivity contribution in [2.24, 2.45) is 0 Å². The summed E-state index contributed by atoms with van der Waals surface area (Å²) in [7, 11) is -3.89. The third kappa shape index (κ3) is 3.70. The molecule has 2 rings (SSSR count). The molecule has 0 spiro atoms. The van der Waals surface area contributed by atoms with Crippen molar-refractivity contribution in [2.75, 3.05) is 11.5 Å². The monoisotopic (exact) mass is 332 g/mol. The summed E-state index contributed by atoms with van der Waals surface area (Å²) in [5, 5.41) is 0.259. The Bertz CT molecular complexity index is 620. The summed E-state index contributed by atoms with van der Waals surface area (Å²) in [4.78, 5) is -0.354. The smallest absolute Gasteiger partial charge is 0.243 e. The average Bonchev–Trinajstić information content (AvgIpc) is 2.81. The van der Waals surface area contributed by atoms with Gasteiger partial charge < -0.3 is 5.73 Å². The molecule has 1 aromatic carbocycles. The average molecular weight is 332 g/mol. The van der Waals surface area contributed by atoms with E-state index in [9.17, 15) is 12.8 Å². The van der Waals surface area contributed by atoms with Crippen molar-refractivity contribution in [3.8, 4) is 0 Å². The van der Waals surface area contributed by atoms with Crippen LogP contribution >= 0.6 is 11.8 Å². The van der Waals surface area contributed by atoms with Gasteiger partial charge in [-0.2, -0.15) is 11.8 Å². The number of rotatable bonds is 5. The number of benzene rings is 1. The van der Waals surface area contributed by atoms with Gasteiger partial charge in [-0.1, -0.05) is 13.3 Å². The summed E-state index contributed by atoms with van der Waals surface area (Å²) >= 11 is 1.75. The number of aryl methyl sites for hydroxylation is 1. The van der Waals surface area contributed by atoms with E-state index in [1.54, 1.807) is 11.8 Å². The Kier molecular flexibility index (Phi) is 5.16. The first kappa shape index (κ1) is 16.6. The Morgan fingerprint density at radius 2 is 2.14 bits per heavy atom. The minimum atomic E-state index is -3.89. The molecule has 1 saturated carbocycles. The Hall–Kier alpha value is -0.790. The van der Waals surface area contributed by atoms with Gasteiger partial charge in [-0.15, -0.1) is 0 Å². The Morgan fingerprint density at radius 3 is 2.81 bits per heavy atom. The van der Waals surface area contributed by atoms with Crippen molar-refractivity contribution in [1.82, 2.24) is 4.72 Å². The molecule has 7 heteroatoms. The topological polar surface area (TPSA) is 72.2 Å². The van der Waals surface area contributed by atoms with Crippen LogP contribution in [0.4, 0.5) is 10.1 Å². The zero-order chi connectivity index (χ0) is 15.6. The van der Waals surface area contributed by atoms with Crippen LogP contribution in [0.1, 0.15) is 31.7 Å². The summed E-state index contributed by atoms with van der Waals surface area (Å²) in [5.74, 6) is 0.212. The van der Waals surface area contributed by atoms with Gasteiger partial charge in [0.15, 0.2) is 0 Å². The molecule has 2 atom stereocenters. The van der Waals surface area contributed by atoms with Crippen LogP contribution < -0.4 is 10.5 Å². The Morgan fingerprint density at radius 1 is 1.43 bits per heavy atom. The molecule has 3 N–H and O–H groups in total. The molecule has 21 heavy (non-hydrogen) atoms. The van der Waals surface area contributed by atoms with E-state index in [1.807, 2.05) is 0 Å². The van der Waals surface area contributed by atoms with Crippen LogP contribution in [-0.2, 0) is 10.0 Å². The first-order chi connectivity index (χ1) is 9.85. The molecule has 4 nitrogen and oxygen atoms in total. The van der Waals surface area contributed by atoms with Gasteiger partial charge >= 0.3 is 0 Å². The summed E-state index contributed by atoms with van der Waals surface area (Å²) in [5.41, 5.74) is 6.13. The fraction of sp³-hybridized carbons (Fsp3) is 0.571. The lowest BCUT2D eigenvalue weighted by molar-refractivity contribution is 0.536. The Balaban J connectivity index is 2.27. The molecule has 0 radical (unpaired) electrons. The second kappa shape index (κ2) is 6.54. The maximum atomic E-state index is 14.1. The van der Waals surface area contributed by atoms with Crippen molar-refractivity contribution in [1.29, 1.82) is 0 Å². The largest absolute Gasteiger partial charge is 0.399 e. The first-order valence-corrected chi connectivity index (χ1v) is 9.58. The lowest BCUT2D eigenvalue weighted by Gasteiger charge is -2.20. The van der Waals surface area contributed by atoms with Gasteiger partial charge in [-0.3, -0.25) is 0 Å². The number of hydrogen-bond acceptors (Lipinski definition) is 4. The maximum absolute atomic E-state index is 14.1. The van der Waals surface area contributed by atoms with Gasteiger partial charge in [0.2, 0.25) is 10.0 Å². The van der Waals surface area contributed by atoms with Crippen LogP contribution in [0.5, 0.6) is 0 Å². The molecule has 2 unspecified atom stereocenters. The Labute approximate surface area is 129 Å². The molecule has 1 aliphatic rings. The second-order valence-electron chi connectivity index (χ2n) is 5.30. The molecule has 118 valence electrons. The molecule has 0 amide bonds. The number of thioether (sulfide) groups is 1. The van der Waals surface area contributed by atoms with Crippen LogP contribution in [0, 0.1) is 12.7 Å². The highest BCUT2D eigenvalue weighted by Crippen LogP contribution is 2.31. The lowest BCUT2D eigenvalue weighted by atomic mass is 10.2. The molecule has 1 aliphatic carbocycles. The van der Waals surface area contributed by atoms with Crippen LogP contribution in [0.25, 0.3) is 0 Å². The van der Waals surface area contributed by atoms with E-state index >= 15 is 0 Å². The van der Waals surface area contributed by atoms with E-state index in [1.165, 1.54) is 19.1 Å². The predicted molar refractivity (Wildman–Crippen MR) is 85.4 cm³/mol. The van der Waals surface area contributed by atoms with Crippen molar-refractivity contribution < 1.29 is 12.8 Å². The zero-order valence-electron chi connectivity index (χ0n) is 12.2. The SMILES string of the molecule is CCSC1CCCC1NS(=O)(=O)c1cc(N)cc(C)c1F. The minimum absolute atomic E-state index is 0.138. The predicted octanol–water partition coefficient (Wildman–Crippen LogP) is 2.67. The molecule has 0 aromatic heterocycles.